The Balaban J connectivity index is 1.53. The standard InChI is InChI=1S/C22H19N3O3S/c1-13-6-7-18-16(10-13)20(15-4-2-3-5-17(15)24-18)21(27)28-12-14-11-19(26)25-8-9-29-22(25)23-14/h6-11H,2-5,12H2,1H3. The Hall–Kier alpha value is -3.06. The number of ether oxygens (including phenoxy) is 1. The first-order valence-electron chi connectivity index (χ1n) is 9.65. The molecule has 0 amide bonds. The second-order valence-corrected chi connectivity index (χ2v) is 8.23. The third kappa shape index (κ3) is 3.21. The molecule has 3 heterocycles. The predicted octanol–water partition coefficient (Wildman–Crippen LogP) is 3.85. The number of hydrogen-bond donors (Lipinski definition) is 0. The predicted molar refractivity (Wildman–Crippen MR) is 112 cm³/mol. The SMILES string of the molecule is Cc1ccc2nc3c(c(C(=O)OCc4cc(=O)n5ccsc5n4)c2c1)CCCC3. The van der Waals surface area contributed by atoms with E-state index in [9.17, 15) is 9.59 Å². The molecule has 0 bridgehead atoms. The van der Waals surface area contributed by atoms with E-state index >= 15 is 0 Å². The number of hydrogen-bond acceptors (Lipinski definition) is 6. The summed E-state index contributed by atoms with van der Waals surface area (Å²) < 4.78 is 7.11. The molecule has 7 heteroatoms. The molecule has 1 aliphatic carbocycles. The minimum Gasteiger partial charge on any atom is -0.456 e. The molecule has 0 atom stereocenters. The van der Waals surface area contributed by atoms with Crippen LogP contribution in [0.1, 0.15) is 45.7 Å². The van der Waals surface area contributed by atoms with Gasteiger partial charge in [0.25, 0.3) is 5.56 Å². The van der Waals surface area contributed by atoms with Gasteiger partial charge in [-0.15, -0.1) is 11.3 Å². The fourth-order valence-electron chi connectivity index (χ4n) is 3.94. The van der Waals surface area contributed by atoms with E-state index in [1.807, 2.05) is 25.1 Å². The van der Waals surface area contributed by atoms with Gasteiger partial charge in [-0.3, -0.25) is 14.2 Å². The highest BCUT2D eigenvalue weighted by molar-refractivity contribution is 7.15. The Kier molecular flexibility index (Phi) is 4.39. The lowest BCUT2D eigenvalue weighted by molar-refractivity contribution is 0.0468. The van der Waals surface area contributed by atoms with Crippen molar-refractivity contribution < 1.29 is 9.53 Å². The molecule has 0 fully saturated rings. The van der Waals surface area contributed by atoms with Crippen LogP contribution in [0.2, 0.25) is 0 Å². The topological polar surface area (TPSA) is 73.6 Å². The van der Waals surface area contributed by atoms with E-state index in [1.165, 1.54) is 21.8 Å². The zero-order valence-electron chi connectivity index (χ0n) is 16.0. The average molecular weight is 405 g/mol. The van der Waals surface area contributed by atoms with Gasteiger partial charge in [0.15, 0.2) is 4.96 Å². The van der Waals surface area contributed by atoms with Crippen molar-refractivity contribution in [3.05, 3.63) is 74.3 Å². The maximum absolute atomic E-state index is 13.2. The maximum atomic E-state index is 13.2. The summed E-state index contributed by atoms with van der Waals surface area (Å²) >= 11 is 1.37. The number of esters is 1. The van der Waals surface area contributed by atoms with Crippen molar-refractivity contribution in [2.75, 3.05) is 0 Å². The quantitative estimate of drug-likeness (QED) is 0.484. The highest BCUT2D eigenvalue weighted by Gasteiger charge is 2.24. The Morgan fingerprint density at radius 2 is 2.07 bits per heavy atom. The van der Waals surface area contributed by atoms with E-state index < -0.39 is 0 Å². The van der Waals surface area contributed by atoms with E-state index in [2.05, 4.69) is 4.98 Å². The number of carbonyl (C=O) groups excluding carboxylic acids is 1. The van der Waals surface area contributed by atoms with E-state index in [0.717, 1.165) is 53.4 Å². The Morgan fingerprint density at radius 1 is 1.21 bits per heavy atom. The molecule has 0 aliphatic heterocycles. The van der Waals surface area contributed by atoms with Crippen molar-refractivity contribution in [1.29, 1.82) is 0 Å². The van der Waals surface area contributed by atoms with Gasteiger partial charge in [0.1, 0.15) is 6.61 Å². The monoisotopic (exact) mass is 405 g/mol. The Morgan fingerprint density at radius 3 is 2.97 bits per heavy atom. The molecule has 0 spiro atoms. The van der Waals surface area contributed by atoms with Gasteiger partial charge >= 0.3 is 5.97 Å². The van der Waals surface area contributed by atoms with Crippen LogP contribution in [0.15, 0.2) is 40.6 Å². The van der Waals surface area contributed by atoms with Crippen LogP contribution in [-0.2, 0) is 24.2 Å². The normalized spacial score (nSPS) is 13.6. The second-order valence-electron chi connectivity index (χ2n) is 7.36. The fourth-order valence-corrected chi connectivity index (χ4v) is 4.68. The van der Waals surface area contributed by atoms with Gasteiger partial charge in [-0.25, -0.2) is 9.78 Å². The van der Waals surface area contributed by atoms with Crippen LogP contribution in [0.5, 0.6) is 0 Å². The smallest absolute Gasteiger partial charge is 0.339 e. The number of fused-ring (bicyclic) bond motifs is 3. The van der Waals surface area contributed by atoms with Crippen LogP contribution < -0.4 is 5.56 Å². The summed E-state index contributed by atoms with van der Waals surface area (Å²) in [5.41, 5.74) is 4.78. The van der Waals surface area contributed by atoms with Gasteiger partial charge < -0.3 is 4.74 Å². The van der Waals surface area contributed by atoms with Gasteiger partial charge in [-0.05, 0) is 50.3 Å². The number of benzene rings is 1. The van der Waals surface area contributed by atoms with Crippen LogP contribution >= 0.6 is 11.3 Å². The average Bonchev–Trinajstić information content (AvgIpc) is 3.19. The summed E-state index contributed by atoms with van der Waals surface area (Å²) in [6.07, 6.45) is 5.52. The molecule has 0 unspecified atom stereocenters. The summed E-state index contributed by atoms with van der Waals surface area (Å²) in [6.45, 7) is 1.97. The molecule has 4 aromatic rings. The lowest BCUT2D eigenvalue weighted by Crippen LogP contribution is -2.17. The van der Waals surface area contributed by atoms with Crippen LogP contribution in [0.4, 0.5) is 0 Å². The zero-order chi connectivity index (χ0) is 20.0. The molecule has 1 aliphatic rings. The lowest BCUT2D eigenvalue weighted by Gasteiger charge is -2.20. The van der Waals surface area contributed by atoms with Crippen LogP contribution in [-0.4, -0.2) is 20.3 Å². The van der Waals surface area contributed by atoms with Crippen molar-refractivity contribution in [2.24, 2.45) is 0 Å². The number of rotatable bonds is 3. The van der Waals surface area contributed by atoms with Gasteiger partial charge in [-0.2, -0.15) is 0 Å². The Labute approximate surface area is 170 Å². The first kappa shape index (κ1) is 18.0. The van der Waals surface area contributed by atoms with Crippen molar-refractivity contribution in [2.45, 2.75) is 39.2 Å². The summed E-state index contributed by atoms with van der Waals surface area (Å²) in [6, 6.07) is 7.38. The minimum absolute atomic E-state index is 0.0348. The summed E-state index contributed by atoms with van der Waals surface area (Å²) in [4.78, 5) is 35.1. The van der Waals surface area contributed by atoms with Crippen LogP contribution in [0, 0.1) is 6.92 Å². The number of nitrogens with zero attached hydrogens (tertiary/aromatic N) is 3. The molecule has 3 aromatic heterocycles. The van der Waals surface area contributed by atoms with Gasteiger partial charge in [-0.1, -0.05) is 11.6 Å². The number of pyridine rings is 1. The van der Waals surface area contributed by atoms with Crippen molar-refractivity contribution in [3.8, 4) is 0 Å². The fraction of sp³-hybridized carbons (Fsp3) is 0.273. The highest BCUT2D eigenvalue weighted by Crippen LogP contribution is 2.30. The largest absolute Gasteiger partial charge is 0.456 e. The van der Waals surface area contributed by atoms with Crippen molar-refractivity contribution >= 4 is 33.2 Å². The molecule has 146 valence electrons. The molecule has 0 saturated heterocycles. The van der Waals surface area contributed by atoms with E-state index in [1.54, 1.807) is 11.6 Å². The molecular weight excluding hydrogens is 386 g/mol. The number of aromatic nitrogens is 3. The van der Waals surface area contributed by atoms with Gasteiger partial charge in [0.2, 0.25) is 0 Å². The number of aryl methyl sites for hydroxylation is 2. The first-order valence-corrected chi connectivity index (χ1v) is 10.5. The third-order valence-corrected chi connectivity index (χ3v) is 6.09. The molecular formula is C22H19N3O3S. The maximum Gasteiger partial charge on any atom is 0.339 e. The summed E-state index contributed by atoms with van der Waals surface area (Å²) in [5, 5.41) is 2.63. The highest BCUT2D eigenvalue weighted by atomic mass is 32.1. The van der Waals surface area contributed by atoms with Crippen LogP contribution in [0.3, 0.4) is 0 Å². The number of thiazole rings is 1. The number of carbonyl (C=O) groups is 1. The lowest BCUT2D eigenvalue weighted by atomic mass is 9.89. The first-order chi connectivity index (χ1) is 14.1. The van der Waals surface area contributed by atoms with Crippen molar-refractivity contribution in [1.82, 2.24) is 14.4 Å². The van der Waals surface area contributed by atoms with Gasteiger partial charge in [0.05, 0.1) is 16.8 Å². The summed E-state index contributed by atoms with van der Waals surface area (Å²) in [5.74, 6) is -0.380. The van der Waals surface area contributed by atoms with E-state index in [0.29, 0.717) is 16.2 Å². The Bertz CT molecular complexity index is 1320. The van der Waals surface area contributed by atoms with Crippen molar-refractivity contribution in [3.63, 3.8) is 0 Å². The third-order valence-electron chi connectivity index (χ3n) is 5.33. The molecule has 6 nitrogen and oxygen atoms in total. The molecule has 0 radical (unpaired) electrons. The molecule has 0 N–H and O–H groups in total. The minimum atomic E-state index is -0.380. The van der Waals surface area contributed by atoms with Gasteiger partial charge in [0, 0.05) is 28.7 Å². The second kappa shape index (κ2) is 7.08. The van der Waals surface area contributed by atoms with Crippen LogP contribution in [0.25, 0.3) is 15.9 Å². The molecule has 29 heavy (non-hydrogen) atoms. The zero-order valence-corrected chi connectivity index (χ0v) is 16.8. The van der Waals surface area contributed by atoms with E-state index in [-0.39, 0.29) is 18.1 Å². The molecule has 0 saturated carbocycles. The van der Waals surface area contributed by atoms with E-state index in [4.69, 9.17) is 9.72 Å². The molecule has 1 aromatic carbocycles. The molecule has 5 rings (SSSR count). The summed E-state index contributed by atoms with van der Waals surface area (Å²) in [7, 11) is 0.